The fourth-order valence-corrected chi connectivity index (χ4v) is 3.18. The molecule has 3 N–H and O–H groups in total. The molecule has 0 aliphatic heterocycles. The van der Waals surface area contributed by atoms with Gasteiger partial charge in [-0.1, -0.05) is 67.9 Å². The zero-order valence-corrected chi connectivity index (χ0v) is 29.4. The predicted molar refractivity (Wildman–Crippen MR) is 183 cm³/mol. The van der Waals surface area contributed by atoms with Crippen LogP contribution in [0.25, 0.3) is 11.1 Å². The average Bonchev–Trinajstić information content (AvgIpc) is 2.97. The van der Waals surface area contributed by atoms with E-state index in [1.54, 1.807) is 19.2 Å². The van der Waals surface area contributed by atoms with Crippen LogP contribution < -0.4 is 9.47 Å². The quantitative estimate of drug-likeness (QED) is 0.151. The molecule has 0 fully saturated rings. The summed E-state index contributed by atoms with van der Waals surface area (Å²) in [6, 6.07) is 30.7. The maximum Gasteiger partial charge on any atom is 0.261 e. The number of ether oxygens (including phenoxy) is 2. The monoisotopic (exact) mass is 712 g/mol. The van der Waals surface area contributed by atoms with Crippen LogP contribution in [0.3, 0.4) is 0 Å². The van der Waals surface area contributed by atoms with Crippen molar-refractivity contribution in [2.75, 3.05) is 25.9 Å². The number of ketones is 1. The van der Waals surface area contributed by atoms with Crippen molar-refractivity contribution >= 4 is 36.1 Å². The molecule has 0 heterocycles. The second kappa shape index (κ2) is 20.2. The molecular weight excluding hydrogens is 673 g/mol. The van der Waals surface area contributed by atoms with Gasteiger partial charge in [-0.05, 0) is 66.6 Å². The Hall–Kier alpha value is -4.12. The molecule has 12 nitrogen and oxygen atoms in total. The lowest BCUT2D eigenvalue weighted by molar-refractivity contribution is 0.103. The molecule has 0 amide bonds. The van der Waals surface area contributed by atoms with Crippen LogP contribution in [-0.4, -0.2) is 70.6 Å². The molecule has 0 saturated carbocycles. The van der Waals surface area contributed by atoms with Crippen LogP contribution >= 0.6 is 0 Å². The van der Waals surface area contributed by atoms with Gasteiger partial charge >= 0.3 is 0 Å². The van der Waals surface area contributed by atoms with E-state index in [4.69, 9.17) is 23.1 Å². The number of methoxy groups -OCH3 is 1. The van der Waals surface area contributed by atoms with Gasteiger partial charge in [0.05, 0.1) is 25.9 Å². The molecule has 0 bridgehead atoms. The normalized spacial score (nSPS) is 10.5. The summed E-state index contributed by atoms with van der Waals surface area (Å²) in [5, 5.41) is 0. The Kier molecular flexibility index (Phi) is 18.4. The third kappa shape index (κ3) is 22.9. The minimum atomic E-state index is -3.67. The van der Waals surface area contributed by atoms with Gasteiger partial charge in [-0.15, -0.1) is 0 Å². The average molecular weight is 713 g/mol. The Morgan fingerprint density at radius 3 is 1.06 bits per heavy atom. The number of rotatable bonds is 6. The van der Waals surface area contributed by atoms with Gasteiger partial charge in [-0.25, -0.2) is 0 Å². The van der Waals surface area contributed by atoms with Crippen molar-refractivity contribution < 1.29 is 53.2 Å². The van der Waals surface area contributed by atoms with E-state index in [0.29, 0.717) is 35.6 Å². The van der Waals surface area contributed by atoms with Crippen molar-refractivity contribution in [1.29, 1.82) is 0 Å². The lowest BCUT2D eigenvalue weighted by atomic mass is 10.0. The van der Waals surface area contributed by atoms with Gasteiger partial charge in [0.15, 0.2) is 5.78 Å². The van der Waals surface area contributed by atoms with E-state index in [9.17, 15) is 30.0 Å². The summed E-state index contributed by atoms with van der Waals surface area (Å²) >= 11 is 0. The van der Waals surface area contributed by atoms with Crippen LogP contribution in [0.15, 0.2) is 97.1 Å². The summed E-state index contributed by atoms with van der Waals surface area (Å²) in [6.07, 6.45) is 2.15. The molecule has 0 spiro atoms. The van der Waals surface area contributed by atoms with Gasteiger partial charge < -0.3 is 9.47 Å². The molecule has 258 valence electrons. The number of carbonyl (C=O) groups excluding carboxylic acids is 1. The van der Waals surface area contributed by atoms with E-state index < -0.39 is 30.4 Å². The molecule has 0 aromatic heterocycles. The number of hydrogen-bond acceptors (Lipinski definition) is 9. The van der Waals surface area contributed by atoms with Gasteiger partial charge in [0.2, 0.25) is 0 Å². The summed E-state index contributed by atoms with van der Waals surface area (Å²) in [4.78, 5) is 12.6. The topological polar surface area (TPSA) is 199 Å². The van der Waals surface area contributed by atoms with Crippen molar-refractivity contribution in [3.05, 3.63) is 114 Å². The van der Waals surface area contributed by atoms with Crippen molar-refractivity contribution in [3.8, 4) is 28.4 Å². The first-order chi connectivity index (χ1) is 21.6. The highest BCUT2D eigenvalue weighted by atomic mass is 32.2. The molecule has 0 saturated heterocycles. The summed E-state index contributed by atoms with van der Waals surface area (Å²) in [5.41, 5.74) is 4.67. The maximum atomic E-state index is 12.6. The van der Waals surface area contributed by atoms with Crippen molar-refractivity contribution in [1.82, 2.24) is 0 Å². The van der Waals surface area contributed by atoms with Crippen LogP contribution in [-0.2, 0) is 30.4 Å². The number of aryl methyl sites for hydroxylation is 1. The molecule has 4 rings (SSSR count). The first kappa shape index (κ1) is 42.9. The maximum absolute atomic E-state index is 12.6. The highest BCUT2D eigenvalue weighted by Gasteiger charge is 2.09. The predicted octanol–water partition coefficient (Wildman–Crippen LogP) is 6.23. The zero-order chi connectivity index (χ0) is 36.4. The number of hydrogen-bond donors (Lipinski definition) is 3. The molecule has 47 heavy (non-hydrogen) atoms. The second-order valence-electron chi connectivity index (χ2n) is 9.27. The van der Waals surface area contributed by atoms with Crippen LogP contribution in [0.4, 0.5) is 0 Å². The molecule has 15 heteroatoms. The summed E-state index contributed by atoms with van der Waals surface area (Å²) < 4.78 is 88.7. The fraction of sp³-hybridized carbons (Fsp3) is 0.219. The molecule has 0 aliphatic carbocycles. The highest BCUT2D eigenvalue weighted by molar-refractivity contribution is 7.85. The van der Waals surface area contributed by atoms with Gasteiger partial charge in [-0.2, -0.15) is 25.3 Å². The lowest BCUT2D eigenvalue weighted by Gasteiger charge is -2.08. The first-order valence-electron chi connectivity index (χ1n) is 13.5. The van der Waals surface area contributed by atoms with Crippen LogP contribution in [0.1, 0.15) is 35.3 Å². The van der Waals surface area contributed by atoms with Gasteiger partial charge in [0, 0.05) is 11.1 Å². The molecule has 4 aromatic rings. The second-order valence-corrected chi connectivity index (χ2v) is 13.7. The van der Waals surface area contributed by atoms with Gasteiger partial charge in [0.25, 0.3) is 30.4 Å². The van der Waals surface area contributed by atoms with E-state index in [1.165, 1.54) is 0 Å². The minimum absolute atomic E-state index is 0.00499. The minimum Gasteiger partial charge on any atom is -0.497 e. The third-order valence-electron chi connectivity index (χ3n) is 4.94. The molecule has 0 aliphatic rings. The van der Waals surface area contributed by atoms with Crippen molar-refractivity contribution in [2.45, 2.75) is 20.8 Å². The van der Waals surface area contributed by atoms with Gasteiger partial charge in [0.1, 0.15) is 17.2 Å². The third-order valence-corrected chi connectivity index (χ3v) is 4.94. The zero-order valence-electron chi connectivity index (χ0n) is 27.0. The molecule has 0 unspecified atom stereocenters. The number of benzene rings is 4. The van der Waals surface area contributed by atoms with E-state index in [-0.39, 0.29) is 5.78 Å². The highest BCUT2D eigenvalue weighted by Crippen LogP contribution is 2.27. The van der Waals surface area contributed by atoms with E-state index >= 15 is 0 Å². The molecular formula is C32H40O12S3. The van der Waals surface area contributed by atoms with Gasteiger partial charge in [-0.3, -0.25) is 18.5 Å². The Morgan fingerprint density at radius 1 is 0.511 bits per heavy atom. The van der Waals surface area contributed by atoms with E-state index in [1.807, 2.05) is 106 Å². The van der Waals surface area contributed by atoms with E-state index in [0.717, 1.165) is 28.2 Å². The Morgan fingerprint density at radius 2 is 0.766 bits per heavy atom. The Bertz CT molecular complexity index is 1740. The Labute approximate surface area is 277 Å². The van der Waals surface area contributed by atoms with E-state index in [2.05, 4.69) is 0 Å². The molecule has 0 atom stereocenters. The fourth-order valence-electron chi connectivity index (χ4n) is 3.18. The SMILES string of the molecule is CC.COc1ccc(-c2ccc(Oc3ccc(C(=O)c4ccc(C)cc4)cc3)cc2)cc1.CS(=O)(=O)O.CS(=O)(=O)O.CS(=O)(=O)O. The number of carbonyl (C=O) groups is 1. The summed E-state index contributed by atoms with van der Waals surface area (Å²) in [7, 11) is -9.34. The van der Waals surface area contributed by atoms with Crippen LogP contribution in [0, 0.1) is 6.92 Å². The first-order valence-corrected chi connectivity index (χ1v) is 19.1. The molecule has 0 radical (unpaired) electrons. The summed E-state index contributed by atoms with van der Waals surface area (Å²) in [6.45, 7) is 6.00. The summed E-state index contributed by atoms with van der Waals surface area (Å²) in [5.74, 6) is 2.27. The smallest absolute Gasteiger partial charge is 0.261 e. The van der Waals surface area contributed by atoms with Crippen molar-refractivity contribution in [2.24, 2.45) is 0 Å². The largest absolute Gasteiger partial charge is 0.497 e. The Balaban J connectivity index is 0.00000103. The standard InChI is InChI=1S/C27H22O3.C2H6.3CH4O3S/c1-19-3-5-22(6-4-19)27(28)23-11-17-26(18-12-23)30-25-15-9-21(10-16-25)20-7-13-24(29-2)14-8-20;1-2;3*1-5(2,3)4/h3-18H,1-2H3;1-2H3;3*1H3,(H,2,3,4). The lowest BCUT2D eigenvalue weighted by Crippen LogP contribution is -2.00. The van der Waals surface area contributed by atoms with Crippen LogP contribution in [0.2, 0.25) is 0 Å². The van der Waals surface area contributed by atoms with Crippen molar-refractivity contribution in [3.63, 3.8) is 0 Å². The molecule has 4 aromatic carbocycles. The van der Waals surface area contributed by atoms with Crippen LogP contribution in [0.5, 0.6) is 17.2 Å².